The van der Waals surface area contributed by atoms with Gasteiger partial charge in [0.15, 0.2) is 11.5 Å². The number of nitrogens with zero attached hydrogens (tertiary/aromatic N) is 4. The molecule has 10 heteroatoms. The molecule has 0 aliphatic heterocycles. The van der Waals surface area contributed by atoms with E-state index >= 15 is 0 Å². The Morgan fingerprint density at radius 3 is 2.40 bits per heavy atom. The lowest BCUT2D eigenvalue weighted by atomic mass is 10.1. The molecular formula is C25H27N5O5. The summed E-state index contributed by atoms with van der Waals surface area (Å²) in [4.78, 5) is 25.3. The van der Waals surface area contributed by atoms with Crippen molar-refractivity contribution in [1.82, 2.24) is 24.5 Å². The number of carbonyl (C=O) groups is 1. The highest BCUT2D eigenvalue weighted by Gasteiger charge is 2.13. The number of methoxy groups -OCH3 is 3. The van der Waals surface area contributed by atoms with Gasteiger partial charge in [0.25, 0.3) is 0 Å². The Bertz CT molecular complexity index is 1380. The van der Waals surface area contributed by atoms with Gasteiger partial charge in [-0.1, -0.05) is 6.07 Å². The van der Waals surface area contributed by atoms with Crippen LogP contribution in [0.3, 0.4) is 0 Å². The number of carbonyl (C=O) groups excluding carboxylic acids is 1. The Balaban J connectivity index is 1.35. The number of amides is 1. The van der Waals surface area contributed by atoms with E-state index in [0.29, 0.717) is 48.1 Å². The number of nitrogens with one attached hydrogen (secondary N) is 1. The van der Waals surface area contributed by atoms with E-state index < -0.39 is 0 Å². The number of ether oxygens (including phenoxy) is 3. The van der Waals surface area contributed by atoms with Crippen molar-refractivity contribution >= 4 is 11.6 Å². The number of benzene rings is 2. The molecule has 0 bridgehead atoms. The van der Waals surface area contributed by atoms with Crippen LogP contribution in [0.25, 0.3) is 11.3 Å². The monoisotopic (exact) mass is 477 g/mol. The third kappa shape index (κ3) is 5.26. The quantitative estimate of drug-likeness (QED) is 0.373. The van der Waals surface area contributed by atoms with Crippen molar-refractivity contribution in [2.75, 3.05) is 27.9 Å². The predicted octanol–water partition coefficient (Wildman–Crippen LogP) is 2.20. The number of hydrogen-bond acceptors (Lipinski definition) is 7. The molecule has 10 nitrogen and oxygen atoms in total. The van der Waals surface area contributed by atoms with Gasteiger partial charge in [-0.15, -0.1) is 10.2 Å². The van der Waals surface area contributed by atoms with E-state index in [0.717, 1.165) is 5.56 Å². The van der Waals surface area contributed by atoms with E-state index in [2.05, 4.69) is 15.5 Å². The molecule has 2 aromatic heterocycles. The fourth-order valence-corrected chi connectivity index (χ4v) is 3.75. The molecule has 182 valence electrons. The summed E-state index contributed by atoms with van der Waals surface area (Å²) in [6.45, 7) is 0.488. The van der Waals surface area contributed by atoms with Gasteiger partial charge in [-0.2, -0.15) is 0 Å². The van der Waals surface area contributed by atoms with Crippen molar-refractivity contribution in [3.63, 3.8) is 0 Å². The highest BCUT2D eigenvalue weighted by atomic mass is 16.5. The van der Waals surface area contributed by atoms with Crippen LogP contribution in [0.1, 0.15) is 17.8 Å². The number of rotatable bonds is 10. The van der Waals surface area contributed by atoms with Crippen molar-refractivity contribution in [1.29, 1.82) is 0 Å². The summed E-state index contributed by atoms with van der Waals surface area (Å²) in [6, 6.07) is 12.8. The Morgan fingerprint density at radius 2 is 1.69 bits per heavy atom. The Hall–Kier alpha value is -4.34. The zero-order valence-corrected chi connectivity index (χ0v) is 19.9. The van der Waals surface area contributed by atoms with E-state index in [1.807, 2.05) is 18.2 Å². The summed E-state index contributed by atoms with van der Waals surface area (Å²) in [5, 5.41) is 11.1. The van der Waals surface area contributed by atoms with E-state index in [-0.39, 0.29) is 23.5 Å². The smallest absolute Gasteiger partial charge is 0.300 e. The van der Waals surface area contributed by atoms with Gasteiger partial charge in [0.05, 0.1) is 21.3 Å². The van der Waals surface area contributed by atoms with Crippen LogP contribution in [-0.4, -0.2) is 52.9 Å². The molecule has 0 aliphatic carbocycles. The molecule has 0 radical (unpaired) electrons. The Labute approximate surface area is 202 Å². The summed E-state index contributed by atoms with van der Waals surface area (Å²) in [5.74, 6) is 2.47. The van der Waals surface area contributed by atoms with Crippen molar-refractivity contribution in [2.45, 2.75) is 19.3 Å². The molecule has 0 unspecified atom stereocenters. The van der Waals surface area contributed by atoms with Crippen LogP contribution in [0.5, 0.6) is 17.2 Å². The molecule has 0 atom stereocenters. The Kier molecular flexibility index (Phi) is 7.30. The average Bonchev–Trinajstić information content (AvgIpc) is 3.31. The second-order valence-corrected chi connectivity index (χ2v) is 7.77. The maximum Gasteiger partial charge on any atom is 0.300 e. The highest BCUT2D eigenvalue weighted by molar-refractivity contribution is 5.76. The molecule has 1 amide bonds. The minimum absolute atomic E-state index is 0.103. The SMILES string of the molecule is COc1ccc(-n2ccn3c(CCC(=O)NCCc4ccc(OC)c(OC)c4)nnc3c2=O)cc1. The van der Waals surface area contributed by atoms with Crippen molar-refractivity contribution < 1.29 is 19.0 Å². The van der Waals surface area contributed by atoms with Crippen molar-refractivity contribution in [3.8, 4) is 22.9 Å². The van der Waals surface area contributed by atoms with Crippen LogP contribution in [0, 0.1) is 0 Å². The van der Waals surface area contributed by atoms with Gasteiger partial charge in [0, 0.05) is 37.5 Å². The fraction of sp³-hybridized carbons (Fsp3) is 0.280. The largest absolute Gasteiger partial charge is 0.497 e. The molecule has 2 aromatic carbocycles. The molecule has 4 aromatic rings. The van der Waals surface area contributed by atoms with Crippen LogP contribution in [0.15, 0.2) is 59.7 Å². The summed E-state index contributed by atoms with van der Waals surface area (Å²) >= 11 is 0. The molecule has 2 heterocycles. The first kappa shape index (κ1) is 23.8. The van der Waals surface area contributed by atoms with Crippen LogP contribution >= 0.6 is 0 Å². The maximum atomic E-state index is 12.9. The number of aryl methyl sites for hydroxylation is 1. The van der Waals surface area contributed by atoms with E-state index in [9.17, 15) is 9.59 Å². The lowest BCUT2D eigenvalue weighted by Gasteiger charge is -2.10. The van der Waals surface area contributed by atoms with Gasteiger partial charge >= 0.3 is 5.56 Å². The number of fused-ring (bicyclic) bond motifs is 1. The lowest BCUT2D eigenvalue weighted by molar-refractivity contribution is -0.121. The molecule has 0 aliphatic rings. The third-order valence-corrected chi connectivity index (χ3v) is 5.65. The zero-order chi connectivity index (χ0) is 24.8. The molecule has 1 N–H and O–H groups in total. The first-order chi connectivity index (χ1) is 17.0. The highest BCUT2D eigenvalue weighted by Crippen LogP contribution is 2.27. The standard InChI is InChI=1S/C25H27N5O5/c1-33-19-7-5-18(6-8-19)29-14-15-30-22(27-28-24(30)25(29)32)10-11-23(31)26-13-12-17-4-9-20(34-2)21(16-17)35-3/h4-9,14-16H,10-13H2,1-3H3,(H,26,31). The van der Waals surface area contributed by atoms with Gasteiger partial charge in [-0.05, 0) is 48.4 Å². The van der Waals surface area contributed by atoms with Crippen LogP contribution in [-0.2, 0) is 17.6 Å². The van der Waals surface area contributed by atoms with Crippen LogP contribution in [0.4, 0.5) is 0 Å². The molecule has 0 saturated carbocycles. The lowest BCUT2D eigenvalue weighted by Crippen LogP contribution is -2.26. The molecule has 0 spiro atoms. The molecule has 4 rings (SSSR count). The first-order valence-electron chi connectivity index (χ1n) is 11.1. The van der Waals surface area contributed by atoms with Gasteiger partial charge < -0.3 is 19.5 Å². The second-order valence-electron chi connectivity index (χ2n) is 7.77. The van der Waals surface area contributed by atoms with Gasteiger partial charge in [-0.25, -0.2) is 0 Å². The van der Waals surface area contributed by atoms with E-state index in [1.165, 1.54) is 4.57 Å². The van der Waals surface area contributed by atoms with Crippen molar-refractivity contribution in [3.05, 3.63) is 76.6 Å². The van der Waals surface area contributed by atoms with Crippen molar-refractivity contribution in [2.24, 2.45) is 0 Å². The third-order valence-electron chi connectivity index (χ3n) is 5.65. The molecule has 0 saturated heterocycles. The Morgan fingerprint density at radius 1 is 0.914 bits per heavy atom. The van der Waals surface area contributed by atoms with Crippen LogP contribution in [0.2, 0.25) is 0 Å². The topological polar surface area (TPSA) is 109 Å². The normalized spacial score (nSPS) is 10.8. The minimum atomic E-state index is -0.296. The number of hydrogen-bond donors (Lipinski definition) is 1. The molecule has 35 heavy (non-hydrogen) atoms. The van der Waals surface area contributed by atoms with E-state index in [4.69, 9.17) is 14.2 Å². The zero-order valence-electron chi connectivity index (χ0n) is 19.9. The minimum Gasteiger partial charge on any atom is -0.497 e. The van der Waals surface area contributed by atoms with Crippen LogP contribution < -0.4 is 25.1 Å². The summed E-state index contributed by atoms with van der Waals surface area (Å²) in [6.07, 6.45) is 4.63. The predicted molar refractivity (Wildman–Crippen MR) is 130 cm³/mol. The summed E-state index contributed by atoms with van der Waals surface area (Å²) in [5.41, 5.74) is 1.62. The summed E-state index contributed by atoms with van der Waals surface area (Å²) < 4.78 is 18.8. The number of aromatic nitrogens is 4. The second kappa shape index (κ2) is 10.7. The van der Waals surface area contributed by atoms with E-state index in [1.54, 1.807) is 62.4 Å². The fourth-order valence-electron chi connectivity index (χ4n) is 3.75. The maximum absolute atomic E-state index is 12.9. The average molecular weight is 478 g/mol. The molecule has 0 fully saturated rings. The summed E-state index contributed by atoms with van der Waals surface area (Å²) in [7, 11) is 4.77. The molecular weight excluding hydrogens is 450 g/mol. The van der Waals surface area contributed by atoms with Gasteiger partial charge in [0.1, 0.15) is 11.6 Å². The van der Waals surface area contributed by atoms with Gasteiger partial charge in [-0.3, -0.25) is 18.6 Å². The van der Waals surface area contributed by atoms with Gasteiger partial charge in [0.2, 0.25) is 11.6 Å². The first-order valence-corrected chi connectivity index (χ1v) is 11.1.